The van der Waals surface area contributed by atoms with Gasteiger partial charge in [-0.2, -0.15) is 0 Å². The lowest BCUT2D eigenvalue weighted by Gasteiger charge is -2.22. The van der Waals surface area contributed by atoms with Crippen molar-refractivity contribution in [3.8, 4) is 0 Å². The number of hydrogen-bond donors (Lipinski definition) is 3. The van der Waals surface area contributed by atoms with Crippen molar-refractivity contribution in [3.63, 3.8) is 0 Å². The van der Waals surface area contributed by atoms with Crippen molar-refractivity contribution < 1.29 is 14.6 Å². The number of methoxy groups -OCH3 is 1. The molecule has 0 bridgehead atoms. The Balaban J connectivity index is 1.38. The molecule has 2 aliphatic rings. The summed E-state index contributed by atoms with van der Waals surface area (Å²) < 4.78 is 4.95. The normalized spacial score (nSPS) is 28.4. The van der Waals surface area contributed by atoms with Crippen molar-refractivity contribution in [1.29, 1.82) is 0 Å². The van der Waals surface area contributed by atoms with Crippen LogP contribution in [0.3, 0.4) is 0 Å². The van der Waals surface area contributed by atoms with Crippen LogP contribution in [0, 0.1) is 24.7 Å². The number of ether oxygens (including phenoxy) is 1. The van der Waals surface area contributed by atoms with Crippen LogP contribution < -0.4 is 5.32 Å². The molecule has 2 heterocycles. The number of piperidine rings is 1. The Morgan fingerprint density at radius 3 is 2.91 bits per heavy atom. The summed E-state index contributed by atoms with van der Waals surface area (Å²) in [4.78, 5) is 21.2. The number of aromatic nitrogens is 2. The third-order valence-electron chi connectivity index (χ3n) is 4.82. The number of nitrogens with zero attached hydrogens (tertiary/aromatic N) is 2. The summed E-state index contributed by atoms with van der Waals surface area (Å²) in [6.07, 6.45) is 1.13. The third kappa shape index (κ3) is 3.16. The highest BCUT2D eigenvalue weighted by Gasteiger charge is 2.55. The van der Waals surface area contributed by atoms with Crippen LogP contribution in [0.1, 0.15) is 16.2 Å². The number of nitrogens with one attached hydrogen (secondary N) is 2. The van der Waals surface area contributed by atoms with Gasteiger partial charge in [-0.3, -0.25) is 4.79 Å². The van der Waals surface area contributed by atoms with Gasteiger partial charge in [-0.05, 0) is 24.7 Å². The second-order valence-electron chi connectivity index (χ2n) is 6.41. The van der Waals surface area contributed by atoms with Crippen molar-refractivity contribution >= 4 is 5.91 Å². The lowest BCUT2D eigenvalue weighted by Crippen LogP contribution is -2.36. The summed E-state index contributed by atoms with van der Waals surface area (Å²) in [7, 11) is 1.60. The zero-order chi connectivity index (χ0) is 15.7. The minimum Gasteiger partial charge on any atom is -0.389 e. The number of aryl methyl sites for hydroxylation is 1. The van der Waals surface area contributed by atoms with Crippen molar-refractivity contribution in [2.75, 3.05) is 39.9 Å². The first kappa shape index (κ1) is 15.5. The predicted octanol–water partition coefficient (Wildman–Crippen LogP) is -0.367. The van der Waals surface area contributed by atoms with Crippen LogP contribution in [0.15, 0.2) is 6.33 Å². The topological polar surface area (TPSA) is 90.5 Å². The number of aliphatic hydroxyl groups excluding tert-OH is 1. The van der Waals surface area contributed by atoms with Gasteiger partial charge in [-0.25, -0.2) is 4.98 Å². The number of aromatic amines is 1. The number of amides is 1. The third-order valence-corrected chi connectivity index (χ3v) is 4.82. The minimum atomic E-state index is -0.414. The molecule has 3 N–H and O–H groups in total. The molecule has 7 heteroatoms. The predicted molar refractivity (Wildman–Crippen MR) is 80.5 cm³/mol. The highest BCUT2D eigenvalue weighted by atomic mass is 16.5. The molecule has 1 aromatic heterocycles. The van der Waals surface area contributed by atoms with E-state index in [1.807, 2.05) is 6.92 Å². The van der Waals surface area contributed by atoms with E-state index < -0.39 is 6.10 Å². The standard InChI is InChI=1S/C15H24N4O3/c1-9-14(18-8-17-9)15(21)16-3-11-12-5-19(6-13(11)12)4-10(20)7-22-2/h8,10-13,20H,3-7H2,1-2H3,(H,16,21)(H,17,18)/t10-,11?,12?,13?/m0/s1. The van der Waals surface area contributed by atoms with Gasteiger partial charge in [-0.1, -0.05) is 0 Å². The quantitative estimate of drug-likeness (QED) is 0.639. The van der Waals surface area contributed by atoms with E-state index in [-0.39, 0.29) is 5.91 Å². The SMILES string of the molecule is COC[C@@H](O)CN1CC2C(CNC(=O)c3nc[nH]c3C)C2C1. The second-order valence-corrected chi connectivity index (χ2v) is 6.41. The lowest BCUT2D eigenvalue weighted by atomic mass is 10.2. The molecule has 3 rings (SSSR count). The molecule has 7 nitrogen and oxygen atoms in total. The molecule has 22 heavy (non-hydrogen) atoms. The Labute approximate surface area is 130 Å². The Morgan fingerprint density at radius 1 is 1.59 bits per heavy atom. The van der Waals surface area contributed by atoms with Crippen molar-refractivity contribution in [2.45, 2.75) is 13.0 Å². The van der Waals surface area contributed by atoms with Gasteiger partial charge < -0.3 is 25.0 Å². The molecule has 2 unspecified atom stereocenters. The van der Waals surface area contributed by atoms with Crippen LogP contribution in [0.5, 0.6) is 0 Å². The largest absolute Gasteiger partial charge is 0.389 e. The number of rotatable bonds is 7. The molecule has 0 aromatic carbocycles. The zero-order valence-electron chi connectivity index (χ0n) is 13.1. The van der Waals surface area contributed by atoms with Gasteiger partial charge >= 0.3 is 0 Å². The van der Waals surface area contributed by atoms with E-state index in [4.69, 9.17) is 4.74 Å². The Bertz CT molecular complexity index is 521. The van der Waals surface area contributed by atoms with Gasteiger partial charge in [0.15, 0.2) is 0 Å². The van der Waals surface area contributed by atoms with Crippen LogP contribution in [-0.2, 0) is 4.74 Å². The fraction of sp³-hybridized carbons (Fsp3) is 0.733. The number of carbonyl (C=O) groups excluding carboxylic acids is 1. The molecule has 3 atom stereocenters. The van der Waals surface area contributed by atoms with Crippen LogP contribution in [0.4, 0.5) is 0 Å². The number of H-pyrrole nitrogens is 1. The lowest BCUT2D eigenvalue weighted by molar-refractivity contribution is 0.0395. The maximum atomic E-state index is 12.0. The first-order chi connectivity index (χ1) is 10.6. The molecule has 122 valence electrons. The van der Waals surface area contributed by atoms with Gasteiger partial charge in [0, 0.05) is 39.0 Å². The average Bonchev–Trinajstić information content (AvgIpc) is 2.82. The van der Waals surface area contributed by atoms with Gasteiger partial charge in [0.2, 0.25) is 0 Å². The molecule has 1 saturated heterocycles. The summed E-state index contributed by atoms with van der Waals surface area (Å²) in [6, 6.07) is 0. The first-order valence-corrected chi connectivity index (χ1v) is 7.77. The van der Waals surface area contributed by atoms with E-state index in [9.17, 15) is 9.90 Å². The molecule has 1 saturated carbocycles. The Hall–Kier alpha value is -1.44. The molecule has 0 radical (unpaired) electrons. The molecular formula is C15H24N4O3. The molecule has 1 amide bonds. The molecule has 1 aromatic rings. The van der Waals surface area contributed by atoms with E-state index in [2.05, 4.69) is 20.2 Å². The van der Waals surface area contributed by atoms with Crippen molar-refractivity contribution in [2.24, 2.45) is 17.8 Å². The molecule has 0 spiro atoms. The second kappa shape index (κ2) is 6.36. The van der Waals surface area contributed by atoms with Crippen molar-refractivity contribution in [3.05, 3.63) is 17.7 Å². The molecule has 1 aliphatic carbocycles. The number of imidazole rings is 1. The van der Waals surface area contributed by atoms with Gasteiger partial charge in [0.25, 0.3) is 5.91 Å². The van der Waals surface area contributed by atoms with E-state index in [1.54, 1.807) is 13.4 Å². The number of likely N-dealkylation sites (tertiary alicyclic amines) is 1. The Morgan fingerprint density at radius 2 is 2.32 bits per heavy atom. The van der Waals surface area contributed by atoms with Crippen molar-refractivity contribution in [1.82, 2.24) is 20.2 Å². The summed E-state index contributed by atoms with van der Waals surface area (Å²) in [5.41, 5.74) is 1.28. The van der Waals surface area contributed by atoms with Gasteiger partial charge in [0.1, 0.15) is 5.69 Å². The van der Waals surface area contributed by atoms with Crippen LogP contribution in [0.2, 0.25) is 0 Å². The molecule has 2 fully saturated rings. The maximum Gasteiger partial charge on any atom is 0.271 e. The van der Waals surface area contributed by atoms with Crippen LogP contribution in [-0.4, -0.2) is 71.9 Å². The monoisotopic (exact) mass is 308 g/mol. The van der Waals surface area contributed by atoms with Gasteiger partial charge in [-0.15, -0.1) is 0 Å². The summed E-state index contributed by atoms with van der Waals surface area (Å²) >= 11 is 0. The zero-order valence-corrected chi connectivity index (χ0v) is 13.1. The maximum absolute atomic E-state index is 12.0. The summed E-state index contributed by atoms with van der Waals surface area (Å²) in [6.45, 7) is 5.63. The van der Waals surface area contributed by atoms with E-state index in [0.29, 0.717) is 36.6 Å². The van der Waals surface area contributed by atoms with E-state index in [0.717, 1.165) is 25.3 Å². The Kier molecular flexibility index (Phi) is 4.46. The van der Waals surface area contributed by atoms with Crippen LogP contribution in [0.25, 0.3) is 0 Å². The fourth-order valence-corrected chi connectivity index (χ4v) is 3.61. The average molecular weight is 308 g/mol. The smallest absolute Gasteiger partial charge is 0.271 e. The minimum absolute atomic E-state index is 0.101. The number of β-amino-alcohol motifs (C(OH)–C–C–N with tert-alkyl or cyclic N) is 1. The number of hydrogen-bond acceptors (Lipinski definition) is 5. The number of fused-ring (bicyclic) bond motifs is 1. The number of aliphatic hydroxyl groups is 1. The molecule has 1 aliphatic heterocycles. The first-order valence-electron chi connectivity index (χ1n) is 7.77. The van der Waals surface area contributed by atoms with Gasteiger partial charge in [0.05, 0.1) is 19.0 Å². The van der Waals surface area contributed by atoms with E-state index >= 15 is 0 Å². The highest BCUT2D eigenvalue weighted by molar-refractivity contribution is 5.93. The van der Waals surface area contributed by atoms with Crippen LogP contribution >= 0.6 is 0 Å². The summed E-state index contributed by atoms with van der Waals surface area (Å²) in [5, 5.41) is 12.7. The van der Waals surface area contributed by atoms with E-state index in [1.165, 1.54) is 0 Å². The fourth-order valence-electron chi connectivity index (χ4n) is 3.61. The number of carbonyl (C=O) groups is 1. The highest BCUT2D eigenvalue weighted by Crippen LogP contribution is 2.51. The molecular weight excluding hydrogens is 284 g/mol. The summed E-state index contributed by atoms with van der Waals surface area (Å²) in [5.74, 6) is 1.76.